The van der Waals surface area contributed by atoms with Gasteiger partial charge in [0.2, 0.25) is 0 Å². The number of rotatable bonds is 33. The molecule has 0 nitrogen and oxygen atoms in total. The van der Waals surface area contributed by atoms with Crippen LogP contribution in [0.2, 0.25) is 0 Å². The fourth-order valence-electron chi connectivity index (χ4n) is 18.1. The molecule has 0 aromatic heterocycles. The third-order valence-electron chi connectivity index (χ3n) is 28.2. The van der Waals surface area contributed by atoms with E-state index in [0.717, 1.165) is 0 Å². The quantitative estimate of drug-likeness (QED) is 0.0575. The highest BCUT2D eigenvalue weighted by Gasteiger charge is 2.64. The summed E-state index contributed by atoms with van der Waals surface area (Å²) in [4.78, 5) is 0. The zero-order valence-corrected chi connectivity index (χ0v) is 78.4. The fourth-order valence-corrected chi connectivity index (χ4v) is 18.1. The highest BCUT2D eigenvalue weighted by atomic mass is 19.4. The van der Waals surface area contributed by atoms with Crippen molar-refractivity contribution in [3.8, 4) is 0 Å². The Balaban J connectivity index is -0.000000186. The molecule has 0 aromatic carbocycles. The predicted octanol–water partition coefficient (Wildman–Crippen LogP) is 37.9. The minimum Gasteiger partial charge on any atom is -0.171 e. The van der Waals surface area contributed by atoms with Gasteiger partial charge in [0, 0.05) is 0 Å². The van der Waals surface area contributed by atoms with Crippen LogP contribution < -0.4 is 0 Å². The van der Waals surface area contributed by atoms with Gasteiger partial charge in [0.1, 0.15) is 0 Å². The van der Waals surface area contributed by atoms with Crippen molar-refractivity contribution in [3.05, 3.63) is 0 Å². The van der Waals surface area contributed by atoms with Gasteiger partial charge in [0.25, 0.3) is 0 Å². The summed E-state index contributed by atoms with van der Waals surface area (Å²) in [6, 6.07) is 0. The molecule has 0 amide bonds. The molecule has 0 saturated carbocycles. The Morgan fingerprint density at radius 2 is 0.451 bits per heavy atom. The third kappa shape index (κ3) is 33.9. The lowest BCUT2D eigenvalue weighted by Crippen LogP contribution is -2.51. The molecule has 6 unspecified atom stereocenters. The lowest BCUT2D eigenvalue weighted by molar-refractivity contribution is -0.275. The van der Waals surface area contributed by atoms with E-state index in [4.69, 9.17) is 0 Å². The van der Waals surface area contributed by atoms with Gasteiger partial charge in [-0.25, -0.2) is 0 Å². The largest absolute Gasteiger partial charge is 0.395 e. The molecule has 0 aliphatic heterocycles. The molecule has 0 aliphatic carbocycles. The first kappa shape index (κ1) is 127. The maximum atomic E-state index is 13.3. The average Bonchev–Trinajstić information content (AvgIpc) is 0.753. The van der Waals surface area contributed by atoms with Crippen LogP contribution in [-0.2, 0) is 0 Å². The molecule has 0 fully saturated rings. The van der Waals surface area contributed by atoms with Crippen molar-refractivity contribution in [1.82, 2.24) is 0 Å². The molecule has 0 N–H and O–H groups in total. The minimum atomic E-state index is -4.14. The van der Waals surface area contributed by atoms with E-state index in [-0.39, 0.29) is 104 Å². The highest BCUT2D eigenvalue weighted by molar-refractivity contribution is 5.00. The van der Waals surface area contributed by atoms with Crippen LogP contribution >= 0.6 is 0 Å². The summed E-state index contributed by atoms with van der Waals surface area (Å²) in [7, 11) is 0. The molecular formula is C89H170F24. The monoisotopic (exact) mass is 1700 g/mol. The Bertz CT molecular complexity index is 2330. The molecule has 6 atom stereocenters. The molecule has 0 aliphatic rings. The smallest absolute Gasteiger partial charge is 0.171 e. The summed E-state index contributed by atoms with van der Waals surface area (Å²) >= 11 is 0. The summed E-state index contributed by atoms with van der Waals surface area (Å²) in [5, 5.41) is 0. The van der Waals surface area contributed by atoms with E-state index in [1.807, 2.05) is 132 Å². The van der Waals surface area contributed by atoms with Crippen LogP contribution in [0.4, 0.5) is 105 Å². The van der Waals surface area contributed by atoms with E-state index < -0.39 is 109 Å². The summed E-state index contributed by atoms with van der Waals surface area (Å²) < 4.78 is 311. The summed E-state index contributed by atoms with van der Waals surface area (Å²) in [6.07, 6.45) is -23.9. The van der Waals surface area contributed by atoms with Crippen molar-refractivity contribution < 1.29 is 105 Å². The van der Waals surface area contributed by atoms with Crippen molar-refractivity contribution >= 4 is 0 Å². The Morgan fingerprint density at radius 3 is 0.575 bits per heavy atom. The van der Waals surface area contributed by atoms with E-state index in [2.05, 4.69) is 0 Å². The van der Waals surface area contributed by atoms with Gasteiger partial charge in [-0.15, -0.1) is 0 Å². The number of hydrogen-bond acceptors (Lipinski definition) is 0. The lowest BCUT2D eigenvalue weighted by atomic mass is 9.57. The van der Waals surface area contributed by atoms with E-state index in [1.54, 1.807) is 90.0 Å². The first-order valence-electron chi connectivity index (χ1n) is 42.5. The van der Waals surface area contributed by atoms with Gasteiger partial charge in [-0.2, -0.15) is 105 Å². The Kier molecular flexibility index (Phi) is 56.9. The summed E-state index contributed by atoms with van der Waals surface area (Å²) in [6.45, 7) is 67.9. The fraction of sp³-hybridized carbons (Fsp3) is 1.00. The van der Waals surface area contributed by atoms with E-state index in [9.17, 15) is 105 Å². The molecule has 0 bridgehead atoms. The zero-order chi connectivity index (χ0) is 93.4. The number of halogens is 24. The SMILES string of the molecule is CC(C)C(C)(C(C)C)C(F)(F)F.CCC(C)(C(C(C)C)C(C)C)C(F)(F)F.CCC(C)(CC)C(C)(C(C)C)C(F)(F)F.CCC(CC)C(C)(C(C)C)C(F)(F)F.CCCC(C)(C(C(C)C)C(C)C)C(F)(F)F.CCCC(C)(C(CC)CC)C(F)(F)F.CCCC(C)(C(F)(F)F)C(C)(CC)CC.CCCC(C)(CCC)C(F)(F)F. The first-order valence-corrected chi connectivity index (χ1v) is 42.5. The molecule has 0 saturated heterocycles. The molecular weight excluding hydrogens is 1520 g/mol. The molecule has 113 heavy (non-hydrogen) atoms. The van der Waals surface area contributed by atoms with Crippen LogP contribution in [0.15, 0.2) is 0 Å². The second-order valence-corrected chi connectivity index (χ2v) is 37.2. The Labute approximate surface area is 676 Å². The van der Waals surface area contributed by atoms with Crippen LogP contribution in [0.25, 0.3) is 0 Å². The van der Waals surface area contributed by atoms with E-state index in [0.29, 0.717) is 83.5 Å². The molecule has 694 valence electrons. The topological polar surface area (TPSA) is 0 Å². The van der Waals surface area contributed by atoms with Crippen molar-refractivity contribution in [2.45, 2.75) is 448 Å². The van der Waals surface area contributed by atoms with Crippen LogP contribution in [0.3, 0.4) is 0 Å². The molecule has 0 heterocycles. The van der Waals surface area contributed by atoms with Gasteiger partial charge in [0.15, 0.2) is 0 Å². The Hall–Kier alpha value is -1.68. The second kappa shape index (κ2) is 50.7. The van der Waals surface area contributed by atoms with Gasteiger partial charge < -0.3 is 0 Å². The lowest BCUT2D eigenvalue weighted by Gasteiger charge is -2.49. The maximum absolute atomic E-state index is 13.3. The van der Waals surface area contributed by atoms with Crippen molar-refractivity contribution in [2.24, 2.45) is 125 Å². The highest BCUT2D eigenvalue weighted by Crippen LogP contribution is 2.61. The Morgan fingerprint density at radius 1 is 0.204 bits per heavy atom. The maximum Gasteiger partial charge on any atom is 0.395 e. The zero-order valence-electron chi connectivity index (χ0n) is 78.4. The van der Waals surface area contributed by atoms with Gasteiger partial charge in [-0.05, 0) is 146 Å². The van der Waals surface area contributed by atoms with Crippen LogP contribution in [0, 0.1) is 125 Å². The number of alkyl halides is 24. The van der Waals surface area contributed by atoms with Gasteiger partial charge in [0.05, 0.1) is 43.3 Å². The second-order valence-electron chi connectivity index (χ2n) is 37.2. The van der Waals surface area contributed by atoms with Crippen LogP contribution in [0.1, 0.15) is 399 Å². The average molecular weight is 1700 g/mol. The first-order chi connectivity index (χ1) is 49.9. The standard InChI is InChI=1S/C13H25F3.3C12H23F3.2C11H21F3.2C9H17F3/c1-7-8-12(6,13(14,15)16)11(9(2)3)10(4)5;1-7-10(5,8-2)11(6,9(3)4)12(13,14)15;1-7-11(6,12(13,14)15)10(8(2)3)9(4)5;1-6-9-11(5,12(13,14)15)10(4,7-2)8-3;1-6-9(7-2)10(5,8(3)4)11(12,13)14;1-5-8-10(4,11(12,13)14)9(6-2)7-3;1-6(2)8(5,7(3)4)9(10,11)12;1-4-6-8(3,7-5-2)9(10,11)12/h9-11H,7-8H2,1-6H3;9H,7-8H2,1-6H3;8-10H,7H2,1-6H3;6-9H2,1-5H3;8-9H,6-7H2,1-5H3;9H,5-8H2,1-4H3;6-7H,1-5H3;4-7H2,1-3H3. The normalized spacial score (nSPS) is 16.8. The van der Waals surface area contributed by atoms with Gasteiger partial charge in [-0.1, -0.05) is 335 Å². The summed E-state index contributed by atoms with van der Waals surface area (Å²) in [5.74, 6) is -2.46. The van der Waals surface area contributed by atoms with Crippen LogP contribution in [-0.4, -0.2) is 49.4 Å². The van der Waals surface area contributed by atoms with Crippen molar-refractivity contribution in [2.75, 3.05) is 0 Å². The molecule has 0 rings (SSSR count). The molecule has 0 radical (unpaired) electrons. The minimum absolute atomic E-state index is 0.0524. The predicted molar refractivity (Wildman–Crippen MR) is 429 cm³/mol. The van der Waals surface area contributed by atoms with Crippen molar-refractivity contribution in [1.29, 1.82) is 0 Å². The summed E-state index contributed by atoms with van der Waals surface area (Å²) in [5.41, 5.74) is -13.7. The van der Waals surface area contributed by atoms with Gasteiger partial charge in [-0.3, -0.25) is 0 Å². The molecule has 0 aromatic rings. The molecule has 0 spiro atoms. The van der Waals surface area contributed by atoms with Crippen LogP contribution in [0.5, 0.6) is 0 Å². The number of hydrogen-bond donors (Lipinski definition) is 0. The van der Waals surface area contributed by atoms with E-state index >= 15 is 0 Å². The van der Waals surface area contributed by atoms with E-state index in [1.165, 1.54) is 55.4 Å². The molecule has 24 heteroatoms. The third-order valence-corrected chi connectivity index (χ3v) is 28.2. The van der Waals surface area contributed by atoms with Crippen molar-refractivity contribution in [3.63, 3.8) is 0 Å². The van der Waals surface area contributed by atoms with Gasteiger partial charge >= 0.3 is 49.4 Å².